The number of halogens is 1. The summed E-state index contributed by atoms with van der Waals surface area (Å²) in [4.78, 5) is 4.72. The summed E-state index contributed by atoms with van der Waals surface area (Å²) < 4.78 is 20.9. The second kappa shape index (κ2) is 7.13. The third kappa shape index (κ3) is 3.60. The third-order valence-electron chi connectivity index (χ3n) is 4.19. The molecule has 25 heavy (non-hydrogen) atoms. The fraction of sp³-hybridized carbons (Fsp3) is 0.263. The lowest BCUT2D eigenvalue weighted by atomic mass is 10.2. The zero-order chi connectivity index (χ0) is 17.1. The molecule has 0 amide bonds. The van der Waals surface area contributed by atoms with Crippen molar-refractivity contribution in [3.8, 4) is 17.1 Å². The van der Waals surface area contributed by atoms with Gasteiger partial charge < -0.3 is 10.1 Å². The van der Waals surface area contributed by atoms with E-state index in [1.54, 1.807) is 16.8 Å². The standard InChI is InChI=1S/C19H19FN4O/c20-15-6-8-16(9-7-15)24-18(12-17-13-21-10-11-25-17)22-19(23-24)14-4-2-1-3-5-14/h1-9,17,21H,10-13H2. The minimum Gasteiger partial charge on any atom is -0.375 e. The first-order valence-corrected chi connectivity index (χ1v) is 8.39. The van der Waals surface area contributed by atoms with Crippen LogP contribution in [0.5, 0.6) is 0 Å². The first-order valence-electron chi connectivity index (χ1n) is 8.39. The number of hydrogen-bond donors (Lipinski definition) is 1. The molecule has 2 aromatic carbocycles. The molecule has 0 saturated carbocycles. The van der Waals surface area contributed by atoms with Crippen LogP contribution in [0.1, 0.15) is 5.82 Å². The molecule has 1 N–H and O–H groups in total. The van der Waals surface area contributed by atoms with Gasteiger partial charge in [0.1, 0.15) is 11.6 Å². The van der Waals surface area contributed by atoms with Gasteiger partial charge in [-0.1, -0.05) is 30.3 Å². The van der Waals surface area contributed by atoms with Gasteiger partial charge in [0.2, 0.25) is 0 Å². The van der Waals surface area contributed by atoms with E-state index >= 15 is 0 Å². The molecular formula is C19H19FN4O. The molecular weight excluding hydrogens is 319 g/mol. The van der Waals surface area contributed by atoms with Gasteiger partial charge in [0.15, 0.2) is 5.82 Å². The number of rotatable bonds is 4. The monoisotopic (exact) mass is 338 g/mol. The number of nitrogens with one attached hydrogen (secondary N) is 1. The fourth-order valence-electron chi connectivity index (χ4n) is 2.93. The molecule has 1 aliphatic heterocycles. The predicted molar refractivity (Wildman–Crippen MR) is 93.1 cm³/mol. The molecule has 3 aromatic rings. The molecule has 0 spiro atoms. The highest BCUT2D eigenvalue weighted by Crippen LogP contribution is 2.20. The van der Waals surface area contributed by atoms with Gasteiger partial charge in [-0.15, -0.1) is 5.10 Å². The van der Waals surface area contributed by atoms with Gasteiger partial charge in [-0.2, -0.15) is 0 Å². The van der Waals surface area contributed by atoms with E-state index < -0.39 is 0 Å². The van der Waals surface area contributed by atoms with Crippen molar-refractivity contribution in [1.29, 1.82) is 0 Å². The molecule has 1 saturated heterocycles. The molecule has 1 unspecified atom stereocenters. The van der Waals surface area contributed by atoms with Crippen LogP contribution in [-0.2, 0) is 11.2 Å². The van der Waals surface area contributed by atoms with Crippen molar-refractivity contribution >= 4 is 0 Å². The normalized spacial score (nSPS) is 17.6. The molecule has 1 aromatic heterocycles. The molecule has 1 atom stereocenters. The quantitative estimate of drug-likeness (QED) is 0.794. The largest absolute Gasteiger partial charge is 0.375 e. The molecule has 2 heterocycles. The summed E-state index contributed by atoms with van der Waals surface area (Å²) in [5, 5.41) is 7.98. The SMILES string of the molecule is Fc1ccc(-n2nc(-c3ccccc3)nc2CC2CNCCO2)cc1. The summed E-state index contributed by atoms with van der Waals surface area (Å²) in [6.07, 6.45) is 0.699. The number of morpholine rings is 1. The minimum absolute atomic E-state index is 0.0563. The van der Waals surface area contributed by atoms with Gasteiger partial charge in [0.25, 0.3) is 0 Å². The van der Waals surface area contributed by atoms with Crippen LogP contribution >= 0.6 is 0 Å². The Hall–Kier alpha value is -2.57. The maximum absolute atomic E-state index is 13.3. The van der Waals surface area contributed by atoms with Crippen LogP contribution < -0.4 is 5.32 Å². The topological polar surface area (TPSA) is 52.0 Å². The molecule has 0 aliphatic carbocycles. The van der Waals surface area contributed by atoms with Gasteiger partial charge in [-0.25, -0.2) is 14.1 Å². The molecule has 4 rings (SSSR count). The van der Waals surface area contributed by atoms with Crippen LogP contribution in [-0.4, -0.2) is 40.6 Å². The molecule has 6 heteroatoms. The summed E-state index contributed by atoms with van der Waals surface area (Å²) >= 11 is 0. The molecule has 5 nitrogen and oxygen atoms in total. The highest BCUT2D eigenvalue weighted by molar-refractivity contribution is 5.54. The Bertz CT molecular complexity index is 826. The van der Waals surface area contributed by atoms with E-state index in [2.05, 4.69) is 10.4 Å². The number of aromatic nitrogens is 3. The van der Waals surface area contributed by atoms with E-state index in [1.165, 1.54) is 12.1 Å². The van der Waals surface area contributed by atoms with Gasteiger partial charge >= 0.3 is 0 Å². The van der Waals surface area contributed by atoms with E-state index in [-0.39, 0.29) is 11.9 Å². The van der Waals surface area contributed by atoms with Crippen molar-refractivity contribution in [1.82, 2.24) is 20.1 Å². The van der Waals surface area contributed by atoms with E-state index in [0.29, 0.717) is 18.9 Å². The van der Waals surface area contributed by atoms with E-state index in [4.69, 9.17) is 9.72 Å². The number of benzene rings is 2. The van der Waals surface area contributed by atoms with E-state index in [9.17, 15) is 4.39 Å². The van der Waals surface area contributed by atoms with Crippen LogP contribution in [0, 0.1) is 5.82 Å². The Morgan fingerprint density at radius 1 is 1.12 bits per heavy atom. The van der Waals surface area contributed by atoms with Gasteiger partial charge in [-0.3, -0.25) is 0 Å². The van der Waals surface area contributed by atoms with Crippen molar-refractivity contribution in [3.63, 3.8) is 0 Å². The number of ether oxygens (including phenoxy) is 1. The van der Waals surface area contributed by atoms with Crippen molar-refractivity contribution in [2.45, 2.75) is 12.5 Å². The third-order valence-corrected chi connectivity index (χ3v) is 4.19. The molecule has 0 radical (unpaired) electrons. The van der Waals surface area contributed by atoms with E-state index in [0.717, 1.165) is 30.2 Å². The van der Waals surface area contributed by atoms with Gasteiger partial charge in [-0.05, 0) is 24.3 Å². The first-order chi connectivity index (χ1) is 12.3. The first kappa shape index (κ1) is 15.9. The Balaban J connectivity index is 1.71. The van der Waals surface area contributed by atoms with Crippen LogP contribution in [0.25, 0.3) is 17.1 Å². The summed E-state index contributed by atoms with van der Waals surface area (Å²) in [5.41, 5.74) is 1.74. The predicted octanol–water partition coefficient (Wildman–Crippen LogP) is 2.60. The zero-order valence-corrected chi connectivity index (χ0v) is 13.7. The smallest absolute Gasteiger partial charge is 0.181 e. The summed E-state index contributed by atoms with van der Waals surface area (Å²) in [6, 6.07) is 16.1. The van der Waals surface area contributed by atoms with E-state index in [1.807, 2.05) is 30.3 Å². The summed E-state index contributed by atoms with van der Waals surface area (Å²) in [7, 11) is 0. The van der Waals surface area contributed by atoms with Crippen LogP contribution in [0.3, 0.4) is 0 Å². The average molecular weight is 338 g/mol. The number of nitrogens with zero attached hydrogens (tertiary/aromatic N) is 3. The lowest BCUT2D eigenvalue weighted by molar-refractivity contribution is 0.0277. The lowest BCUT2D eigenvalue weighted by Crippen LogP contribution is -2.40. The summed E-state index contributed by atoms with van der Waals surface area (Å²) in [5.74, 6) is 1.19. The Morgan fingerprint density at radius 3 is 2.64 bits per heavy atom. The highest BCUT2D eigenvalue weighted by Gasteiger charge is 2.20. The van der Waals surface area contributed by atoms with Crippen LogP contribution in [0.15, 0.2) is 54.6 Å². The minimum atomic E-state index is -0.270. The molecule has 1 fully saturated rings. The van der Waals surface area contributed by atoms with Crippen molar-refractivity contribution < 1.29 is 9.13 Å². The summed E-state index contributed by atoms with van der Waals surface area (Å²) in [6.45, 7) is 2.36. The van der Waals surface area contributed by atoms with Crippen LogP contribution in [0.4, 0.5) is 4.39 Å². The zero-order valence-electron chi connectivity index (χ0n) is 13.7. The maximum atomic E-state index is 13.3. The van der Waals surface area contributed by atoms with Gasteiger partial charge in [0.05, 0.1) is 18.4 Å². The second-order valence-corrected chi connectivity index (χ2v) is 6.01. The average Bonchev–Trinajstić information content (AvgIpc) is 3.08. The van der Waals surface area contributed by atoms with Crippen molar-refractivity contribution in [2.24, 2.45) is 0 Å². The molecule has 1 aliphatic rings. The van der Waals surface area contributed by atoms with Crippen molar-refractivity contribution in [2.75, 3.05) is 19.7 Å². The molecule has 0 bridgehead atoms. The number of hydrogen-bond acceptors (Lipinski definition) is 4. The van der Waals surface area contributed by atoms with Crippen LogP contribution in [0.2, 0.25) is 0 Å². The van der Waals surface area contributed by atoms with Gasteiger partial charge in [0, 0.05) is 25.1 Å². The lowest BCUT2D eigenvalue weighted by Gasteiger charge is -2.23. The Morgan fingerprint density at radius 2 is 1.92 bits per heavy atom. The van der Waals surface area contributed by atoms with Crippen molar-refractivity contribution in [3.05, 3.63) is 66.2 Å². The highest BCUT2D eigenvalue weighted by atomic mass is 19.1. The second-order valence-electron chi connectivity index (χ2n) is 6.01. The fourth-order valence-corrected chi connectivity index (χ4v) is 2.93. The Kier molecular flexibility index (Phi) is 4.54. The molecule has 128 valence electrons. The maximum Gasteiger partial charge on any atom is 0.181 e. The Labute approximate surface area is 145 Å².